The fraction of sp³-hybridized carbons (Fsp3) is 0.350. The maximum atomic E-state index is 12.2. The number of ether oxygens (including phenoxy) is 1. The van der Waals surface area contributed by atoms with Crippen LogP contribution in [0.4, 0.5) is 11.4 Å². The molecular formula is C20H26N2O2. The van der Waals surface area contributed by atoms with Gasteiger partial charge in [-0.15, -0.1) is 0 Å². The molecule has 1 amide bonds. The summed E-state index contributed by atoms with van der Waals surface area (Å²) in [5, 5.41) is 6.09. The summed E-state index contributed by atoms with van der Waals surface area (Å²) in [4.78, 5) is 12.2. The number of carbonyl (C=O) groups excluding carboxylic acids is 1. The SMILES string of the molecule is CCCCOc1ccccc1NC(=O)CNc1ccc(C)cc1C. The van der Waals surface area contributed by atoms with Gasteiger partial charge in [-0.25, -0.2) is 0 Å². The number of amides is 1. The van der Waals surface area contributed by atoms with E-state index >= 15 is 0 Å². The average molecular weight is 326 g/mol. The Balaban J connectivity index is 1.92. The molecule has 128 valence electrons. The normalized spacial score (nSPS) is 10.3. The molecule has 0 aliphatic carbocycles. The molecule has 2 N–H and O–H groups in total. The first kappa shape index (κ1) is 17.9. The van der Waals surface area contributed by atoms with Crippen LogP contribution in [-0.4, -0.2) is 19.1 Å². The lowest BCUT2D eigenvalue weighted by atomic mass is 10.1. The number of para-hydroxylation sites is 2. The van der Waals surface area contributed by atoms with Gasteiger partial charge in [-0.05, 0) is 44.0 Å². The minimum absolute atomic E-state index is 0.0958. The summed E-state index contributed by atoms with van der Waals surface area (Å²) in [6.45, 7) is 7.08. The minimum atomic E-state index is -0.0958. The lowest BCUT2D eigenvalue weighted by molar-refractivity contribution is -0.114. The van der Waals surface area contributed by atoms with E-state index in [1.165, 1.54) is 5.56 Å². The molecule has 2 aromatic carbocycles. The van der Waals surface area contributed by atoms with Gasteiger partial charge in [0.15, 0.2) is 0 Å². The van der Waals surface area contributed by atoms with Crippen molar-refractivity contribution in [3.05, 3.63) is 53.6 Å². The van der Waals surface area contributed by atoms with Crippen molar-refractivity contribution in [2.24, 2.45) is 0 Å². The van der Waals surface area contributed by atoms with E-state index in [2.05, 4.69) is 30.5 Å². The molecule has 0 aromatic heterocycles. The smallest absolute Gasteiger partial charge is 0.243 e. The zero-order chi connectivity index (χ0) is 17.4. The molecule has 0 spiro atoms. The Labute approximate surface area is 144 Å². The van der Waals surface area contributed by atoms with E-state index in [1.807, 2.05) is 43.3 Å². The van der Waals surface area contributed by atoms with Crippen molar-refractivity contribution in [3.63, 3.8) is 0 Å². The van der Waals surface area contributed by atoms with Gasteiger partial charge in [0, 0.05) is 5.69 Å². The summed E-state index contributed by atoms with van der Waals surface area (Å²) in [5.74, 6) is 0.618. The number of unbranched alkanes of at least 4 members (excludes halogenated alkanes) is 1. The zero-order valence-electron chi connectivity index (χ0n) is 14.7. The Morgan fingerprint density at radius 2 is 1.88 bits per heavy atom. The van der Waals surface area contributed by atoms with Crippen LogP contribution in [0.5, 0.6) is 5.75 Å². The second-order valence-electron chi connectivity index (χ2n) is 5.92. The van der Waals surface area contributed by atoms with Gasteiger partial charge in [-0.1, -0.05) is 43.2 Å². The van der Waals surface area contributed by atoms with E-state index in [-0.39, 0.29) is 12.5 Å². The number of anilines is 2. The van der Waals surface area contributed by atoms with Crippen molar-refractivity contribution in [2.45, 2.75) is 33.6 Å². The quantitative estimate of drug-likeness (QED) is 0.701. The Morgan fingerprint density at radius 3 is 2.62 bits per heavy atom. The predicted molar refractivity (Wildman–Crippen MR) is 99.9 cm³/mol. The molecule has 4 nitrogen and oxygen atoms in total. The van der Waals surface area contributed by atoms with Gasteiger partial charge in [0.05, 0.1) is 18.8 Å². The summed E-state index contributed by atoms with van der Waals surface area (Å²) >= 11 is 0. The maximum absolute atomic E-state index is 12.2. The fourth-order valence-corrected chi connectivity index (χ4v) is 2.40. The molecular weight excluding hydrogens is 300 g/mol. The van der Waals surface area contributed by atoms with Crippen molar-refractivity contribution in [1.82, 2.24) is 0 Å². The highest BCUT2D eigenvalue weighted by atomic mass is 16.5. The summed E-state index contributed by atoms with van der Waals surface area (Å²) in [7, 11) is 0. The standard InChI is InChI=1S/C20H26N2O2/c1-4-5-12-24-19-9-7-6-8-18(19)22-20(23)14-21-17-11-10-15(2)13-16(17)3/h6-11,13,21H,4-5,12,14H2,1-3H3,(H,22,23). The molecule has 4 heteroatoms. The van der Waals surface area contributed by atoms with Crippen LogP contribution in [0.15, 0.2) is 42.5 Å². The molecule has 0 saturated carbocycles. The number of aryl methyl sites for hydroxylation is 2. The van der Waals surface area contributed by atoms with E-state index < -0.39 is 0 Å². The fourth-order valence-electron chi connectivity index (χ4n) is 2.40. The minimum Gasteiger partial charge on any atom is -0.491 e. The third-order valence-electron chi connectivity index (χ3n) is 3.74. The summed E-state index contributed by atoms with van der Waals surface area (Å²) < 4.78 is 5.74. The van der Waals surface area contributed by atoms with E-state index in [0.29, 0.717) is 18.0 Å². The molecule has 0 fully saturated rings. The van der Waals surface area contributed by atoms with Gasteiger partial charge < -0.3 is 15.4 Å². The largest absolute Gasteiger partial charge is 0.491 e. The summed E-state index contributed by atoms with van der Waals surface area (Å²) in [6, 6.07) is 13.7. The topological polar surface area (TPSA) is 50.4 Å². The van der Waals surface area contributed by atoms with Crippen LogP contribution in [0, 0.1) is 13.8 Å². The highest BCUT2D eigenvalue weighted by molar-refractivity contribution is 5.95. The molecule has 0 aliphatic rings. The monoisotopic (exact) mass is 326 g/mol. The predicted octanol–water partition coefficient (Wildman–Crippen LogP) is 4.53. The Morgan fingerprint density at radius 1 is 1.08 bits per heavy atom. The lowest BCUT2D eigenvalue weighted by Gasteiger charge is -2.13. The molecule has 0 unspecified atom stereocenters. The van der Waals surface area contributed by atoms with Crippen LogP contribution in [0.3, 0.4) is 0 Å². The van der Waals surface area contributed by atoms with Gasteiger partial charge in [-0.3, -0.25) is 4.79 Å². The van der Waals surface area contributed by atoms with Gasteiger partial charge in [-0.2, -0.15) is 0 Å². The zero-order valence-corrected chi connectivity index (χ0v) is 14.7. The van der Waals surface area contributed by atoms with Crippen LogP contribution < -0.4 is 15.4 Å². The molecule has 0 heterocycles. The number of nitrogens with one attached hydrogen (secondary N) is 2. The van der Waals surface area contributed by atoms with Crippen molar-refractivity contribution in [3.8, 4) is 5.75 Å². The first-order chi connectivity index (χ1) is 11.6. The molecule has 0 saturated heterocycles. The second kappa shape index (κ2) is 8.96. The first-order valence-corrected chi connectivity index (χ1v) is 8.43. The Bertz CT molecular complexity index is 683. The molecule has 2 rings (SSSR count). The number of hydrogen-bond acceptors (Lipinski definition) is 3. The van der Waals surface area contributed by atoms with E-state index in [4.69, 9.17) is 4.74 Å². The van der Waals surface area contributed by atoms with Gasteiger partial charge in [0.1, 0.15) is 5.75 Å². The molecule has 0 atom stereocenters. The third kappa shape index (κ3) is 5.30. The van der Waals surface area contributed by atoms with E-state index in [0.717, 1.165) is 24.1 Å². The van der Waals surface area contributed by atoms with Crippen molar-refractivity contribution in [1.29, 1.82) is 0 Å². The third-order valence-corrected chi connectivity index (χ3v) is 3.74. The van der Waals surface area contributed by atoms with Gasteiger partial charge in [0.2, 0.25) is 5.91 Å². The number of rotatable bonds is 8. The number of carbonyl (C=O) groups is 1. The average Bonchev–Trinajstić information content (AvgIpc) is 2.56. The highest BCUT2D eigenvalue weighted by Crippen LogP contribution is 2.24. The molecule has 0 radical (unpaired) electrons. The van der Waals surface area contributed by atoms with Crippen LogP contribution in [0.1, 0.15) is 30.9 Å². The highest BCUT2D eigenvalue weighted by Gasteiger charge is 2.08. The maximum Gasteiger partial charge on any atom is 0.243 e. The van der Waals surface area contributed by atoms with Crippen LogP contribution >= 0.6 is 0 Å². The number of benzene rings is 2. The van der Waals surface area contributed by atoms with Crippen LogP contribution in [-0.2, 0) is 4.79 Å². The Kier molecular flexibility index (Phi) is 6.67. The van der Waals surface area contributed by atoms with Crippen molar-refractivity contribution in [2.75, 3.05) is 23.8 Å². The van der Waals surface area contributed by atoms with Crippen molar-refractivity contribution < 1.29 is 9.53 Å². The van der Waals surface area contributed by atoms with Crippen LogP contribution in [0.25, 0.3) is 0 Å². The van der Waals surface area contributed by atoms with Crippen molar-refractivity contribution >= 4 is 17.3 Å². The van der Waals surface area contributed by atoms with Crippen LogP contribution in [0.2, 0.25) is 0 Å². The molecule has 24 heavy (non-hydrogen) atoms. The van der Waals surface area contributed by atoms with E-state index in [9.17, 15) is 4.79 Å². The first-order valence-electron chi connectivity index (χ1n) is 8.43. The molecule has 0 aliphatic heterocycles. The van der Waals surface area contributed by atoms with Gasteiger partial charge in [0.25, 0.3) is 0 Å². The summed E-state index contributed by atoms with van der Waals surface area (Å²) in [5.41, 5.74) is 4.02. The molecule has 2 aromatic rings. The Hall–Kier alpha value is -2.49. The van der Waals surface area contributed by atoms with E-state index in [1.54, 1.807) is 0 Å². The molecule has 0 bridgehead atoms. The van der Waals surface area contributed by atoms with Gasteiger partial charge >= 0.3 is 0 Å². The summed E-state index contributed by atoms with van der Waals surface area (Å²) in [6.07, 6.45) is 2.07. The second-order valence-corrected chi connectivity index (χ2v) is 5.92. The number of hydrogen-bond donors (Lipinski definition) is 2. The lowest BCUT2D eigenvalue weighted by Crippen LogP contribution is -2.22.